The lowest BCUT2D eigenvalue weighted by Crippen LogP contribution is -2.19. The van der Waals surface area contributed by atoms with Gasteiger partial charge in [-0.1, -0.05) is 54.6 Å². The van der Waals surface area contributed by atoms with Crippen LogP contribution in [0.4, 0.5) is 11.5 Å². The summed E-state index contributed by atoms with van der Waals surface area (Å²) in [5.41, 5.74) is 17.6. The zero-order valence-electron chi connectivity index (χ0n) is 18.5. The Hall–Kier alpha value is -4.43. The molecule has 0 aliphatic heterocycles. The van der Waals surface area contributed by atoms with Gasteiger partial charge in [0.25, 0.3) is 0 Å². The summed E-state index contributed by atoms with van der Waals surface area (Å²) in [4.78, 5) is 20.5. The number of fused-ring (bicyclic) bond motifs is 1. The predicted molar refractivity (Wildman–Crippen MR) is 134 cm³/mol. The molecule has 0 aliphatic rings. The standard InChI is InChI=1S/C26H25N7O/c27-20(26-29-15-23(31-26)18-10-11-19-22(14-18)32-33-25(19)28)13-17-8-4-5-9-21(17)30-24(34)12-16-6-2-1-3-7-16/h1-11,14-15,20H,12-13,27H2,(H,29,31)(H,30,34)(H3,28,32,33)/t20-/m0/s1. The van der Waals surface area contributed by atoms with Gasteiger partial charge in [-0.25, -0.2) is 4.98 Å². The van der Waals surface area contributed by atoms with E-state index < -0.39 is 0 Å². The summed E-state index contributed by atoms with van der Waals surface area (Å²) in [5, 5.41) is 10.9. The number of rotatable bonds is 7. The van der Waals surface area contributed by atoms with Crippen LogP contribution in [0.25, 0.3) is 22.2 Å². The third-order valence-electron chi connectivity index (χ3n) is 5.78. The van der Waals surface area contributed by atoms with E-state index >= 15 is 0 Å². The molecule has 2 heterocycles. The molecule has 0 bridgehead atoms. The second-order valence-corrected chi connectivity index (χ2v) is 8.22. The first kappa shape index (κ1) is 21.4. The van der Waals surface area contributed by atoms with Crippen molar-refractivity contribution >= 4 is 28.3 Å². The molecule has 0 unspecified atom stereocenters. The number of nitrogens with two attached hydrogens (primary N) is 2. The molecular weight excluding hydrogens is 426 g/mol. The van der Waals surface area contributed by atoms with Gasteiger partial charge < -0.3 is 21.8 Å². The Balaban J connectivity index is 1.29. The average molecular weight is 452 g/mol. The highest BCUT2D eigenvalue weighted by atomic mass is 16.1. The topological polar surface area (TPSA) is 138 Å². The number of nitrogens with zero attached hydrogens (tertiary/aromatic N) is 2. The van der Waals surface area contributed by atoms with Gasteiger partial charge in [-0.05, 0) is 35.7 Å². The van der Waals surface area contributed by atoms with Crippen LogP contribution >= 0.6 is 0 Å². The predicted octanol–water partition coefficient (Wildman–Crippen LogP) is 3.96. The quantitative estimate of drug-likeness (QED) is 0.255. The van der Waals surface area contributed by atoms with Crippen LogP contribution in [0.2, 0.25) is 0 Å². The molecule has 170 valence electrons. The van der Waals surface area contributed by atoms with Crippen molar-refractivity contribution in [2.75, 3.05) is 11.1 Å². The fourth-order valence-electron chi connectivity index (χ4n) is 4.00. The summed E-state index contributed by atoms with van der Waals surface area (Å²) in [6, 6.07) is 22.8. The fraction of sp³-hybridized carbons (Fsp3) is 0.115. The minimum Gasteiger partial charge on any atom is -0.382 e. The number of imidazole rings is 1. The highest BCUT2D eigenvalue weighted by Crippen LogP contribution is 2.27. The molecule has 3 aromatic carbocycles. The lowest BCUT2D eigenvalue weighted by molar-refractivity contribution is -0.115. The third kappa shape index (κ3) is 4.53. The van der Waals surface area contributed by atoms with Crippen molar-refractivity contribution in [1.29, 1.82) is 0 Å². The number of nitrogen functional groups attached to an aromatic ring is 1. The maximum Gasteiger partial charge on any atom is 0.228 e. The van der Waals surface area contributed by atoms with E-state index in [1.807, 2.05) is 79.0 Å². The van der Waals surface area contributed by atoms with E-state index in [2.05, 4.69) is 20.5 Å². The van der Waals surface area contributed by atoms with E-state index in [1.54, 1.807) is 0 Å². The summed E-state index contributed by atoms with van der Waals surface area (Å²) in [6.07, 6.45) is 2.67. The van der Waals surface area contributed by atoms with Gasteiger partial charge in [0.05, 0.1) is 23.7 Å². The number of amides is 1. The van der Waals surface area contributed by atoms with Crippen molar-refractivity contribution < 1.29 is 4.79 Å². The number of hydrogen-bond acceptors (Lipinski definition) is 5. The molecule has 5 rings (SSSR count). The molecule has 34 heavy (non-hydrogen) atoms. The number of anilines is 2. The smallest absolute Gasteiger partial charge is 0.228 e. The maximum absolute atomic E-state index is 12.6. The molecule has 1 atom stereocenters. The second-order valence-electron chi connectivity index (χ2n) is 8.22. The van der Waals surface area contributed by atoms with Crippen LogP contribution in [0.15, 0.2) is 79.0 Å². The number of aromatic amines is 2. The zero-order valence-corrected chi connectivity index (χ0v) is 18.5. The summed E-state index contributed by atoms with van der Waals surface area (Å²) in [5.74, 6) is 1.08. The molecule has 0 saturated heterocycles. The van der Waals surface area contributed by atoms with Gasteiger partial charge in [0.15, 0.2) is 5.82 Å². The van der Waals surface area contributed by atoms with Crippen molar-refractivity contribution in [2.24, 2.45) is 5.73 Å². The number of carbonyl (C=O) groups is 1. The second kappa shape index (κ2) is 9.21. The van der Waals surface area contributed by atoms with E-state index in [4.69, 9.17) is 16.5 Å². The Morgan fingerprint density at radius 1 is 1.03 bits per heavy atom. The normalized spacial score (nSPS) is 12.0. The molecular formula is C26H25N7O. The molecule has 5 aromatic rings. The first-order valence-corrected chi connectivity index (χ1v) is 11.0. The van der Waals surface area contributed by atoms with Gasteiger partial charge in [-0.15, -0.1) is 0 Å². The Morgan fingerprint density at radius 3 is 2.68 bits per heavy atom. The molecule has 8 heteroatoms. The average Bonchev–Trinajstić information content (AvgIpc) is 3.48. The molecule has 0 saturated carbocycles. The molecule has 0 aliphatic carbocycles. The Labute approximate surface area is 196 Å². The van der Waals surface area contributed by atoms with Crippen molar-refractivity contribution in [3.63, 3.8) is 0 Å². The minimum atomic E-state index is -0.368. The monoisotopic (exact) mass is 451 g/mol. The molecule has 1 amide bonds. The number of hydrogen-bond donors (Lipinski definition) is 5. The summed E-state index contributed by atoms with van der Waals surface area (Å²) >= 11 is 0. The number of aromatic nitrogens is 4. The van der Waals surface area contributed by atoms with Gasteiger partial charge in [0.1, 0.15) is 5.82 Å². The van der Waals surface area contributed by atoms with E-state index in [-0.39, 0.29) is 11.9 Å². The molecule has 7 N–H and O–H groups in total. The lowest BCUT2D eigenvalue weighted by atomic mass is 10.0. The van der Waals surface area contributed by atoms with Crippen LogP contribution in [-0.4, -0.2) is 26.1 Å². The van der Waals surface area contributed by atoms with Crippen molar-refractivity contribution in [3.8, 4) is 11.3 Å². The van der Waals surface area contributed by atoms with Crippen molar-refractivity contribution in [2.45, 2.75) is 18.9 Å². The minimum absolute atomic E-state index is 0.0673. The number of carbonyl (C=O) groups excluding carboxylic acids is 1. The summed E-state index contributed by atoms with van der Waals surface area (Å²) < 4.78 is 0. The first-order valence-electron chi connectivity index (χ1n) is 11.0. The van der Waals surface area contributed by atoms with Crippen LogP contribution < -0.4 is 16.8 Å². The number of benzene rings is 3. The maximum atomic E-state index is 12.6. The molecule has 0 fully saturated rings. The van der Waals surface area contributed by atoms with Crippen molar-refractivity contribution in [1.82, 2.24) is 20.2 Å². The van der Waals surface area contributed by atoms with E-state index in [0.717, 1.165) is 39.0 Å². The SMILES string of the molecule is Nc1n[nH]c2cc(-c3c[nH]c([C@@H](N)Cc4ccccc4NC(=O)Cc4ccccc4)n3)ccc12. The van der Waals surface area contributed by atoms with Crippen molar-refractivity contribution in [3.05, 3.63) is 95.9 Å². The van der Waals surface area contributed by atoms with Gasteiger partial charge in [-0.3, -0.25) is 9.89 Å². The molecule has 2 aromatic heterocycles. The van der Waals surface area contributed by atoms with Crippen LogP contribution in [0.5, 0.6) is 0 Å². The number of H-pyrrole nitrogens is 2. The summed E-state index contributed by atoms with van der Waals surface area (Å²) in [7, 11) is 0. The van der Waals surface area contributed by atoms with Gasteiger partial charge in [0, 0.05) is 22.8 Å². The number of para-hydroxylation sites is 1. The lowest BCUT2D eigenvalue weighted by Gasteiger charge is -2.14. The van der Waals surface area contributed by atoms with E-state index in [0.29, 0.717) is 24.5 Å². The Kier molecular flexibility index (Phi) is 5.80. The third-order valence-corrected chi connectivity index (χ3v) is 5.78. The van der Waals surface area contributed by atoms with Crippen LogP contribution in [0.1, 0.15) is 23.0 Å². The van der Waals surface area contributed by atoms with Gasteiger partial charge in [-0.2, -0.15) is 5.10 Å². The van der Waals surface area contributed by atoms with Crippen LogP contribution in [0.3, 0.4) is 0 Å². The van der Waals surface area contributed by atoms with E-state index in [1.165, 1.54) is 0 Å². The zero-order chi connectivity index (χ0) is 23.5. The summed E-state index contributed by atoms with van der Waals surface area (Å²) in [6.45, 7) is 0. The Morgan fingerprint density at radius 2 is 1.82 bits per heavy atom. The molecule has 0 spiro atoms. The first-order chi connectivity index (χ1) is 16.6. The molecule has 0 radical (unpaired) electrons. The Bertz CT molecular complexity index is 1440. The van der Waals surface area contributed by atoms with Crippen LogP contribution in [0, 0.1) is 0 Å². The van der Waals surface area contributed by atoms with Gasteiger partial charge in [0.2, 0.25) is 5.91 Å². The molecule has 8 nitrogen and oxygen atoms in total. The highest BCUT2D eigenvalue weighted by molar-refractivity contribution is 5.93. The van der Waals surface area contributed by atoms with E-state index in [9.17, 15) is 4.79 Å². The van der Waals surface area contributed by atoms with Crippen LogP contribution in [-0.2, 0) is 17.6 Å². The highest BCUT2D eigenvalue weighted by Gasteiger charge is 2.16. The van der Waals surface area contributed by atoms with Gasteiger partial charge >= 0.3 is 0 Å². The fourth-order valence-corrected chi connectivity index (χ4v) is 4.00. The number of nitrogens with one attached hydrogen (secondary N) is 3. The largest absolute Gasteiger partial charge is 0.382 e.